The summed E-state index contributed by atoms with van der Waals surface area (Å²) in [5, 5.41) is 0.130. The van der Waals surface area contributed by atoms with Crippen LogP contribution in [0.25, 0.3) is 11.4 Å². The van der Waals surface area contributed by atoms with Gasteiger partial charge < -0.3 is 9.88 Å². The Morgan fingerprint density at radius 3 is 2.43 bits per heavy atom. The summed E-state index contributed by atoms with van der Waals surface area (Å²) in [6, 6.07) is 12.8. The summed E-state index contributed by atoms with van der Waals surface area (Å²) < 4.78 is 0. The van der Waals surface area contributed by atoms with E-state index in [1.807, 2.05) is 35.2 Å². The smallest absolute Gasteiger partial charge is 0.270 e. The third kappa shape index (κ3) is 3.68. The Morgan fingerprint density at radius 1 is 1.07 bits per heavy atom. The number of H-pyrrole nitrogens is 1. The number of likely N-dealkylation sites (tertiary alicyclic amines) is 1. The normalized spacial score (nSPS) is 14.8. The number of aromatic nitrogens is 3. The van der Waals surface area contributed by atoms with Crippen molar-refractivity contribution in [1.29, 1.82) is 0 Å². The Kier molecular flexibility index (Phi) is 5.21. The summed E-state index contributed by atoms with van der Waals surface area (Å²) in [5.74, 6) is 0.547. The van der Waals surface area contributed by atoms with Gasteiger partial charge in [-0.3, -0.25) is 14.6 Å². The molecule has 1 aromatic carbocycles. The van der Waals surface area contributed by atoms with Gasteiger partial charge in [0.1, 0.15) is 10.8 Å². The van der Waals surface area contributed by atoms with Crippen molar-refractivity contribution in [2.75, 3.05) is 13.1 Å². The van der Waals surface area contributed by atoms with E-state index in [0.29, 0.717) is 43.0 Å². The van der Waals surface area contributed by atoms with Crippen molar-refractivity contribution >= 4 is 17.5 Å². The maximum absolute atomic E-state index is 12.6. The minimum absolute atomic E-state index is 0.0292. The number of pyridine rings is 1. The number of aromatic amines is 1. The van der Waals surface area contributed by atoms with Crippen LogP contribution in [0.4, 0.5) is 0 Å². The highest BCUT2D eigenvalue weighted by molar-refractivity contribution is 6.31. The number of halogens is 1. The van der Waals surface area contributed by atoms with Crippen molar-refractivity contribution in [2.45, 2.75) is 18.8 Å². The van der Waals surface area contributed by atoms with E-state index in [-0.39, 0.29) is 22.4 Å². The molecule has 3 aromatic rings. The molecule has 1 amide bonds. The Labute approximate surface area is 167 Å². The summed E-state index contributed by atoms with van der Waals surface area (Å²) in [7, 11) is 0. The van der Waals surface area contributed by atoms with Gasteiger partial charge in [-0.2, -0.15) is 0 Å². The molecule has 1 fully saturated rings. The summed E-state index contributed by atoms with van der Waals surface area (Å²) in [6.07, 6.45) is 4.73. The lowest BCUT2D eigenvalue weighted by atomic mass is 9.92. The highest BCUT2D eigenvalue weighted by atomic mass is 35.5. The maximum atomic E-state index is 12.6. The SMILES string of the molecule is O=C(c1ccccc1)N1CCC(c2nc(-c3ccncc3)[nH]c(=O)c2Cl)CC1. The lowest BCUT2D eigenvalue weighted by molar-refractivity contribution is 0.0712. The van der Waals surface area contributed by atoms with Crippen LogP contribution in [0.1, 0.15) is 34.8 Å². The average Bonchev–Trinajstić information content (AvgIpc) is 2.76. The van der Waals surface area contributed by atoms with E-state index >= 15 is 0 Å². The number of benzene rings is 1. The first-order valence-corrected chi connectivity index (χ1v) is 9.55. The number of nitrogens with one attached hydrogen (secondary N) is 1. The standard InChI is InChI=1S/C21H19ClN4O2/c22-17-18(24-19(25-20(17)27)15-6-10-23-11-7-15)14-8-12-26(13-9-14)21(28)16-4-2-1-3-5-16/h1-7,10-11,14H,8-9,12-13H2,(H,24,25,27). The van der Waals surface area contributed by atoms with E-state index in [4.69, 9.17) is 11.6 Å². The number of carbonyl (C=O) groups excluding carboxylic acids is 1. The number of hydrogen-bond acceptors (Lipinski definition) is 4. The molecule has 0 spiro atoms. The Morgan fingerprint density at radius 2 is 1.75 bits per heavy atom. The van der Waals surface area contributed by atoms with Gasteiger partial charge in [0.05, 0.1) is 5.69 Å². The van der Waals surface area contributed by atoms with Crippen molar-refractivity contribution < 1.29 is 4.79 Å². The fraction of sp³-hybridized carbons (Fsp3) is 0.238. The van der Waals surface area contributed by atoms with Crippen LogP contribution >= 0.6 is 11.6 Å². The second kappa shape index (κ2) is 7.94. The molecule has 1 saturated heterocycles. The molecule has 2 aromatic heterocycles. The second-order valence-corrected chi connectivity index (χ2v) is 7.16. The van der Waals surface area contributed by atoms with Crippen LogP contribution < -0.4 is 5.56 Å². The van der Waals surface area contributed by atoms with E-state index < -0.39 is 0 Å². The number of rotatable bonds is 3. The molecule has 1 aliphatic rings. The van der Waals surface area contributed by atoms with Crippen LogP contribution in [-0.4, -0.2) is 38.8 Å². The Hall–Kier alpha value is -2.99. The molecule has 142 valence electrons. The van der Waals surface area contributed by atoms with Crippen LogP contribution in [0.15, 0.2) is 59.7 Å². The molecule has 7 heteroatoms. The predicted octanol–water partition coefficient (Wildman–Crippen LogP) is 3.51. The summed E-state index contributed by atoms with van der Waals surface area (Å²) in [4.78, 5) is 38.2. The third-order valence-electron chi connectivity index (χ3n) is 5.03. The van der Waals surface area contributed by atoms with Crippen molar-refractivity contribution in [2.24, 2.45) is 0 Å². The number of amides is 1. The first-order valence-electron chi connectivity index (χ1n) is 9.18. The number of carbonyl (C=O) groups is 1. The maximum Gasteiger partial charge on any atom is 0.270 e. The monoisotopic (exact) mass is 394 g/mol. The van der Waals surface area contributed by atoms with Gasteiger partial charge >= 0.3 is 0 Å². The lowest BCUT2D eigenvalue weighted by Crippen LogP contribution is -2.38. The fourth-order valence-electron chi connectivity index (χ4n) is 3.51. The molecule has 3 heterocycles. The van der Waals surface area contributed by atoms with Crippen molar-refractivity contribution in [3.05, 3.63) is 81.5 Å². The highest BCUT2D eigenvalue weighted by Gasteiger charge is 2.28. The van der Waals surface area contributed by atoms with E-state index in [1.54, 1.807) is 24.5 Å². The van der Waals surface area contributed by atoms with Crippen molar-refractivity contribution in [3.8, 4) is 11.4 Å². The summed E-state index contributed by atoms with van der Waals surface area (Å²) >= 11 is 6.28. The molecule has 1 N–H and O–H groups in total. The minimum Gasteiger partial charge on any atom is -0.339 e. The lowest BCUT2D eigenvalue weighted by Gasteiger charge is -2.32. The van der Waals surface area contributed by atoms with Crippen molar-refractivity contribution in [3.63, 3.8) is 0 Å². The van der Waals surface area contributed by atoms with Gasteiger partial charge in [0, 0.05) is 42.5 Å². The number of nitrogens with zero attached hydrogens (tertiary/aromatic N) is 3. The van der Waals surface area contributed by atoms with Crippen LogP contribution in [0.3, 0.4) is 0 Å². The molecule has 0 aliphatic carbocycles. The number of piperidine rings is 1. The van der Waals surface area contributed by atoms with E-state index in [1.165, 1.54) is 0 Å². The Balaban J connectivity index is 1.54. The van der Waals surface area contributed by atoms with Gasteiger partial charge in [-0.15, -0.1) is 0 Å². The van der Waals surface area contributed by atoms with Crippen LogP contribution in [0.5, 0.6) is 0 Å². The third-order valence-corrected chi connectivity index (χ3v) is 5.40. The van der Waals surface area contributed by atoms with Gasteiger partial charge in [-0.05, 0) is 37.1 Å². The molecule has 6 nitrogen and oxygen atoms in total. The minimum atomic E-state index is -0.346. The zero-order valence-electron chi connectivity index (χ0n) is 15.1. The molecule has 4 rings (SSSR count). The van der Waals surface area contributed by atoms with E-state index in [2.05, 4.69) is 15.0 Å². The fourth-order valence-corrected chi connectivity index (χ4v) is 3.76. The zero-order valence-corrected chi connectivity index (χ0v) is 15.9. The van der Waals surface area contributed by atoms with Crippen molar-refractivity contribution in [1.82, 2.24) is 19.9 Å². The topological polar surface area (TPSA) is 79.0 Å². The van der Waals surface area contributed by atoms with Gasteiger partial charge in [0.15, 0.2) is 0 Å². The molecular weight excluding hydrogens is 376 g/mol. The molecule has 0 unspecified atom stereocenters. The second-order valence-electron chi connectivity index (χ2n) is 6.78. The Bertz CT molecular complexity index is 1030. The van der Waals surface area contributed by atoms with Gasteiger partial charge in [0.25, 0.3) is 11.5 Å². The largest absolute Gasteiger partial charge is 0.339 e. The summed E-state index contributed by atoms with van der Waals surface area (Å²) in [5.41, 5.74) is 1.72. The van der Waals surface area contributed by atoms with Crippen LogP contribution in [0, 0.1) is 0 Å². The molecule has 0 bridgehead atoms. The molecule has 0 saturated carbocycles. The van der Waals surface area contributed by atoms with Gasteiger partial charge in [0.2, 0.25) is 0 Å². The average molecular weight is 395 g/mol. The van der Waals surface area contributed by atoms with E-state index in [9.17, 15) is 9.59 Å². The van der Waals surface area contributed by atoms with Crippen LogP contribution in [-0.2, 0) is 0 Å². The highest BCUT2D eigenvalue weighted by Crippen LogP contribution is 2.31. The predicted molar refractivity (Wildman–Crippen MR) is 107 cm³/mol. The molecule has 0 radical (unpaired) electrons. The molecular formula is C21H19ClN4O2. The molecule has 1 aliphatic heterocycles. The first-order chi connectivity index (χ1) is 13.6. The molecule has 28 heavy (non-hydrogen) atoms. The zero-order chi connectivity index (χ0) is 19.5. The van der Waals surface area contributed by atoms with E-state index in [0.717, 1.165) is 5.56 Å². The van der Waals surface area contributed by atoms with Gasteiger partial charge in [-0.25, -0.2) is 4.98 Å². The number of hydrogen-bond donors (Lipinski definition) is 1. The first kappa shape index (κ1) is 18.4. The molecule has 0 atom stereocenters. The quantitative estimate of drug-likeness (QED) is 0.737. The summed E-state index contributed by atoms with van der Waals surface area (Å²) in [6.45, 7) is 1.21. The van der Waals surface area contributed by atoms with Crippen LogP contribution in [0.2, 0.25) is 5.02 Å². The van der Waals surface area contributed by atoms with Gasteiger partial charge in [-0.1, -0.05) is 29.8 Å².